The van der Waals surface area contributed by atoms with Crippen LogP contribution in [0.3, 0.4) is 0 Å². The number of nitrogens with two attached hydrogens (primary N) is 1. The van der Waals surface area contributed by atoms with Crippen molar-refractivity contribution in [2.24, 2.45) is 23.0 Å². The van der Waals surface area contributed by atoms with Crippen molar-refractivity contribution < 1.29 is 0 Å². The molecule has 0 aliphatic heterocycles. The van der Waals surface area contributed by atoms with Gasteiger partial charge >= 0.3 is 0 Å². The lowest BCUT2D eigenvalue weighted by atomic mass is 9.76. The van der Waals surface area contributed by atoms with Crippen molar-refractivity contribution in [3.63, 3.8) is 0 Å². The average molecular weight is 167 g/mol. The molecule has 0 amide bonds. The second-order valence-electron chi connectivity index (χ2n) is 5.40. The summed E-state index contributed by atoms with van der Waals surface area (Å²) < 4.78 is 0. The molecule has 2 unspecified atom stereocenters. The van der Waals surface area contributed by atoms with Crippen LogP contribution >= 0.6 is 0 Å². The first-order valence-electron chi connectivity index (χ1n) is 5.37. The number of hydrogen-bond acceptors (Lipinski definition) is 1. The molecule has 2 fully saturated rings. The average Bonchev–Trinajstić information content (AvgIpc) is 2.75. The minimum Gasteiger partial charge on any atom is -0.327 e. The van der Waals surface area contributed by atoms with E-state index in [4.69, 9.17) is 5.73 Å². The van der Waals surface area contributed by atoms with Gasteiger partial charge in [0.1, 0.15) is 0 Å². The standard InChI is InChI=1S/C11H21N/c1-11(2)7-3-4-9(11)10(12)8-5-6-8/h8-10H,3-7,12H2,1-2H3. The van der Waals surface area contributed by atoms with E-state index < -0.39 is 0 Å². The topological polar surface area (TPSA) is 26.0 Å². The maximum absolute atomic E-state index is 6.26. The molecule has 0 spiro atoms. The molecule has 0 aromatic heterocycles. The van der Waals surface area contributed by atoms with Gasteiger partial charge in [0.25, 0.3) is 0 Å². The molecule has 0 saturated heterocycles. The third-order valence-corrected chi connectivity index (χ3v) is 3.97. The zero-order valence-electron chi connectivity index (χ0n) is 8.34. The minimum absolute atomic E-state index is 0.516. The number of hydrogen-bond donors (Lipinski definition) is 1. The van der Waals surface area contributed by atoms with Gasteiger partial charge in [-0.2, -0.15) is 0 Å². The Labute approximate surface area is 75.7 Å². The highest BCUT2D eigenvalue weighted by Gasteiger charge is 2.43. The normalized spacial score (nSPS) is 36.8. The first kappa shape index (κ1) is 8.55. The summed E-state index contributed by atoms with van der Waals surface area (Å²) in [6.07, 6.45) is 6.96. The highest BCUT2D eigenvalue weighted by atomic mass is 14.7. The molecule has 0 heterocycles. The second kappa shape index (κ2) is 2.73. The van der Waals surface area contributed by atoms with E-state index in [0.29, 0.717) is 11.5 Å². The Morgan fingerprint density at radius 3 is 2.33 bits per heavy atom. The first-order chi connectivity index (χ1) is 5.61. The second-order valence-corrected chi connectivity index (χ2v) is 5.40. The van der Waals surface area contributed by atoms with E-state index in [1.165, 1.54) is 32.1 Å². The van der Waals surface area contributed by atoms with Gasteiger partial charge in [-0.1, -0.05) is 20.3 Å². The summed E-state index contributed by atoms with van der Waals surface area (Å²) in [6.45, 7) is 4.79. The van der Waals surface area contributed by atoms with E-state index in [2.05, 4.69) is 13.8 Å². The van der Waals surface area contributed by atoms with Crippen LogP contribution in [0, 0.1) is 17.3 Å². The quantitative estimate of drug-likeness (QED) is 0.672. The summed E-state index contributed by atoms with van der Waals surface area (Å²) >= 11 is 0. The Kier molecular flexibility index (Phi) is 1.95. The Morgan fingerprint density at radius 1 is 1.25 bits per heavy atom. The van der Waals surface area contributed by atoms with Crippen molar-refractivity contribution in [3.05, 3.63) is 0 Å². The Hall–Kier alpha value is -0.0400. The Morgan fingerprint density at radius 2 is 1.92 bits per heavy atom. The fourth-order valence-corrected chi connectivity index (χ4v) is 2.88. The highest BCUT2D eigenvalue weighted by molar-refractivity contribution is 4.97. The molecule has 0 radical (unpaired) electrons. The van der Waals surface area contributed by atoms with Gasteiger partial charge < -0.3 is 5.73 Å². The molecule has 2 saturated carbocycles. The van der Waals surface area contributed by atoms with Gasteiger partial charge in [0.15, 0.2) is 0 Å². The summed E-state index contributed by atoms with van der Waals surface area (Å²) in [5.74, 6) is 1.69. The van der Waals surface area contributed by atoms with Crippen LogP contribution in [0.5, 0.6) is 0 Å². The van der Waals surface area contributed by atoms with Crippen molar-refractivity contribution in [1.29, 1.82) is 0 Å². The fourth-order valence-electron chi connectivity index (χ4n) is 2.88. The van der Waals surface area contributed by atoms with E-state index in [9.17, 15) is 0 Å². The molecule has 1 nitrogen and oxygen atoms in total. The predicted molar refractivity (Wildman–Crippen MR) is 51.8 cm³/mol. The zero-order chi connectivity index (χ0) is 8.77. The molecule has 12 heavy (non-hydrogen) atoms. The van der Waals surface area contributed by atoms with E-state index in [-0.39, 0.29) is 0 Å². The summed E-state index contributed by atoms with van der Waals surface area (Å²) in [7, 11) is 0. The molecule has 2 aliphatic rings. The predicted octanol–water partition coefficient (Wildman–Crippen LogP) is 2.55. The smallest absolute Gasteiger partial charge is 0.0101 e. The van der Waals surface area contributed by atoms with E-state index in [0.717, 1.165) is 11.8 Å². The molecule has 0 aromatic carbocycles. The molecule has 0 bridgehead atoms. The third-order valence-electron chi connectivity index (χ3n) is 3.97. The summed E-state index contributed by atoms with van der Waals surface area (Å²) in [5.41, 5.74) is 6.79. The molecule has 1 heteroatoms. The van der Waals surface area contributed by atoms with Gasteiger partial charge in [0.2, 0.25) is 0 Å². The van der Waals surface area contributed by atoms with Gasteiger partial charge in [0, 0.05) is 6.04 Å². The van der Waals surface area contributed by atoms with Gasteiger partial charge in [-0.25, -0.2) is 0 Å². The van der Waals surface area contributed by atoms with Gasteiger partial charge in [-0.15, -0.1) is 0 Å². The summed E-state index contributed by atoms with van der Waals surface area (Å²) in [6, 6.07) is 0.516. The maximum atomic E-state index is 6.26. The van der Waals surface area contributed by atoms with Crippen LogP contribution in [0.2, 0.25) is 0 Å². The van der Waals surface area contributed by atoms with Crippen LogP contribution in [0.1, 0.15) is 46.0 Å². The van der Waals surface area contributed by atoms with Crippen LogP contribution in [-0.4, -0.2) is 6.04 Å². The molecule has 2 aliphatic carbocycles. The van der Waals surface area contributed by atoms with Crippen molar-refractivity contribution in [1.82, 2.24) is 0 Å². The van der Waals surface area contributed by atoms with Gasteiger partial charge in [-0.3, -0.25) is 0 Å². The van der Waals surface area contributed by atoms with Crippen molar-refractivity contribution in [2.45, 2.75) is 52.0 Å². The highest BCUT2D eigenvalue weighted by Crippen LogP contribution is 2.48. The molecular formula is C11H21N. The Bertz CT molecular complexity index is 170. The Balaban J connectivity index is 2.01. The summed E-state index contributed by atoms with van der Waals surface area (Å²) in [4.78, 5) is 0. The van der Waals surface area contributed by atoms with Crippen LogP contribution in [0.15, 0.2) is 0 Å². The molecule has 0 aromatic rings. The minimum atomic E-state index is 0.516. The van der Waals surface area contributed by atoms with E-state index >= 15 is 0 Å². The van der Waals surface area contributed by atoms with E-state index in [1.54, 1.807) is 0 Å². The largest absolute Gasteiger partial charge is 0.327 e. The maximum Gasteiger partial charge on any atom is 0.0101 e. The fraction of sp³-hybridized carbons (Fsp3) is 1.00. The third kappa shape index (κ3) is 1.39. The molecule has 2 rings (SSSR count). The zero-order valence-corrected chi connectivity index (χ0v) is 8.34. The monoisotopic (exact) mass is 167 g/mol. The molecule has 2 atom stereocenters. The van der Waals surface area contributed by atoms with Crippen LogP contribution < -0.4 is 5.73 Å². The summed E-state index contributed by atoms with van der Waals surface area (Å²) in [5, 5.41) is 0. The van der Waals surface area contributed by atoms with Gasteiger partial charge in [-0.05, 0) is 42.9 Å². The van der Waals surface area contributed by atoms with Crippen LogP contribution in [0.25, 0.3) is 0 Å². The number of rotatable bonds is 2. The van der Waals surface area contributed by atoms with Crippen molar-refractivity contribution >= 4 is 0 Å². The van der Waals surface area contributed by atoms with E-state index in [1.807, 2.05) is 0 Å². The lowest BCUT2D eigenvalue weighted by Gasteiger charge is -2.32. The first-order valence-corrected chi connectivity index (χ1v) is 5.37. The molecule has 2 N–H and O–H groups in total. The van der Waals surface area contributed by atoms with Crippen molar-refractivity contribution in [3.8, 4) is 0 Å². The van der Waals surface area contributed by atoms with Gasteiger partial charge in [0.05, 0.1) is 0 Å². The van der Waals surface area contributed by atoms with Crippen LogP contribution in [-0.2, 0) is 0 Å². The molecule has 70 valence electrons. The van der Waals surface area contributed by atoms with Crippen molar-refractivity contribution in [2.75, 3.05) is 0 Å². The van der Waals surface area contributed by atoms with Crippen LogP contribution in [0.4, 0.5) is 0 Å². The molecular weight excluding hydrogens is 146 g/mol. The lowest BCUT2D eigenvalue weighted by Crippen LogP contribution is -2.38. The lowest BCUT2D eigenvalue weighted by molar-refractivity contribution is 0.208. The SMILES string of the molecule is CC1(C)CCCC1C(N)C1CC1.